The van der Waals surface area contributed by atoms with Gasteiger partial charge in [0.15, 0.2) is 0 Å². The zero-order valence-electron chi connectivity index (χ0n) is 11.9. The highest BCUT2D eigenvalue weighted by molar-refractivity contribution is 9.08. The number of likely N-dealkylation sites (N-methyl/N-ethyl adjacent to an activating group) is 1. The monoisotopic (exact) mass is 365 g/mol. The van der Waals surface area contributed by atoms with E-state index in [0.29, 0.717) is 30.0 Å². The van der Waals surface area contributed by atoms with Gasteiger partial charge in [-0.1, -0.05) is 22.0 Å². The number of ether oxygens (including phenoxy) is 1. The Balaban J connectivity index is 2.01. The van der Waals surface area contributed by atoms with Crippen LogP contribution in [0.3, 0.4) is 0 Å². The third-order valence-electron chi connectivity index (χ3n) is 3.55. The molecule has 0 amide bonds. The topological polar surface area (TPSA) is 12.5 Å². The molecule has 1 aromatic rings. The molecule has 0 bridgehead atoms. The minimum atomic E-state index is -4.35. The maximum absolute atomic E-state index is 13.2. The van der Waals surface area contributed by atoms with E-state index in [0.717, 1.165) is 6.61 Å². The second kappa shape index (κ2) is 7.01. The number of benzene rings is 1. The van der Waals surface area contributed by atoms with Gasteiger partial charge in [-0.15, -0.1) is 0 Å². The number of hydrogen-bond donors (Lipinski definition) is 0. The smallest absolute Gasteiger partial charge is 0.379 e. The van der Waals surface area contributed by atoms with E-state index in [1.54, 1.807) is 18.0 Å². The van der Waals surface area contributed by atoms with Crippen molar-refractivity contribution in [3.63, 3.8) is 0 Å². The van der Waals surface area contributed by atoms with Crippen LogP contribution in [0.5, 0.6) is 0 Å². The highest BCUT2D eigenvalue weighted by atomic mass is 79.9. The van der Waals surface area contributed by atoms with Gasteiger partial charge in [-0.25, -0.2) is 0 Å². The third kappa shape index (κ3) is 4.88. The molecule has 0 aromatic heterocycles. The highest BCUT2D eigenvalue weighted by Gasteiger charge is 2.34. The zero-order valence-corrected chi connectivity index (χ0v) is 13.5. The Labute approximate surface area is 131 Å². The van der Waals surface area contributed by atoms with Crippen molar-refractivity contribution in [1.29, 1.82) is 0 Å². The summed E-state index contributed by atoms with van der Waals surface area (Å²) < 4.78 is 45.0. The Morgan fingerprint density at radius 1 is 1.33 bits per heavy atom. The zero-order chi connectivity index (χ0) is 15.5. The molecule has 1 aliphatic rings. The Morgan fingerprint density at radius 3 is 2.62 bits per heavy atom. The number of anilines is 1. The number of rotatable bonds is 7. The standard InChI is InChI=1S/C15H19BrF3NO/c1-20(6-7-21-10-11-2-3-11)14-5-4-12(9-16)8-13(14)15(17,18)19/h4-5,8,11H,2-3,6-7,9-10H2,1H3. The van der Waals surface area contributed by atoms with E-state index in [4.69, 9.17) is 4.74 Å². The first kappa shape index (κ1) is 16.6. The maximum atomic E-state index is 13.2. The van der Waals surface area contributed by atoms with Gasteiger partial charge >= 0.3 is 6.18 Å². The molecule has 2 nitrogen and oxygen atoms in total. The van der Waals surface area contributed by atoms with Gasteiger partial charge in [0.05, 0.1) is 12.2 Å². The first-order valence-corrected chi connectivity index (χ1v) is 8.09. The normalized spacial score (nSPS) is 15.3. The van der Waals surface area contributed by atoms with E-state index >= 15 is 0 Å². The predicted molar refractivity (Wildman–Crippen MR) is 80.9 cm³/mol. The fraction of sp³-hybridized carbons (Fsp3) is 0.600. The minimum Gasteiger partial charge on any atom is -0.379 e. The number of nitrogens with zero attached hydrogens (tertiary/aromatic N) is 1. The summed E-state index contributed by atoms with van der Waals surface area (Å²) in [5.41, 5.74) is 0.218. The molecule has 6 heteroatoms. The molecule has 21 heavy (non-hydrogen) atoms. The van der Waals surface area contributed by atoms with Crippen molar-refractivity contribution in [3.8, 4) is 0 Å². The molecule has 0 N–H and O–H groups in total. The molecule has 0 saturated heterocycles. The van der Waals surface area contributed by atoms with Gasteiger partial charge in [0.2, 0.25) is 0 Å². The molecule has 1 aliphatic carbocycles. The SMILES string of the molecule is CN(CCOCC1CC1)c1ccc(CBr)cc1C(F)(F)F. The third-order valence-corrected chi connectivity index (χ3v) is 4.20. The van der Waals surface area contributed by atoms with Crippen molar-refractivity contribution in [3.05, 3.63) is 29.3 Å². The van der Waals surface area contributed by atoms with Gasteiger partial charge in [-0.05, 0) is 36.5 Å². The highest BCUT2D eigenvalue weighted by Crippen LogP contribution is 2.37. The molecule has 2 rings (SSSR count). The lowest BCUT2D eigenvalue weighted by molar-refractivity contribution is -0.137. The number of hydrogen-bond acceptors (Lipinski definition) is 2. The fourth-order valence-electron chi connectivity index (χ4n) is 2.08. The van der Waals surface area contributed by atoms with Crippen LogP contribution in [0.4, 0.5) is 18.9 Å². The second-order valence-corrected chi connectivity index (χ2v) is 5.98. The predicted octanol–water partition coefficient (Wildman–Crippen LogP) is 4.46. The summed E-state index contributed by atoms with van der Waals surface area (Å²) in [5, 5.41) is 0.407. The summed E-state index contributed by atoms with van der Waals surface area (Å²) in [5.74, 6) is 0.666. The average Bonchev–Trinajstić information content (AvgIpc) is 3.26. The van der Waals surface area contributed by atoms with Crippen molar-refractivity contribution in [1.82, 2.24) is 0 Å². The van der Waals surface area contributed by atoms with Gasteiger partial charge in [0.25, 0.3) is 0 Å². The van der Waals surface area contributed by atoms with Crippen LogP contribution in [0, 0.1) is 5.92 Å². The van der Waals surface area contributed by atoms with E-state index in [2.05, 4.69) is 15.9 Å². The van der Waals surface area contributed by atoms with E-state index in [1.165, 1.54) is 25.0 Å². The second-order valence-electron chi connectivity index (χ2n) is 5.42. The van der Waals surface area contributed by atoms with Crippen LogP contribution >= 0.6 is 15.9 Å². The first-order valence-electron chi connectivity index (χ1n) is 6.96. The molecule has 0 unspecified atom stereocenters. The van der Waals surface area contributed by atoms with Crippen LogP contribution in [0.1, 0.15) is 24.0 Å². The summed E-state index contributed by atoms with van der Waals surface area (Å²) in [6, 6.07) is 4.44. The summed E-state index contributed by atoms with van der Waals surface area (Å²) in [6.07, 6.45) is -1.93. The minimum absolute atomic E-state index is 0.197. The van der Waals surface area contributed by atoms with Gasteiger partial charge in [-0.3, -0.25) is 0 Å². The van der Waals surface area contributed by atoms with Gasteiger partial charge in [-0.2, -0.15) is 13.2 Å². The molecular formula is C15H19BrF3NO. The largest absolute Gasteiger partial charge is 0.418 e. The van der Waals surface area contributed by atoms with Crippen molar-refractivity contribution in [2.75, 3.05) is 31.7 Å². The van der Waals surface area contributed by atoms with Crippen LogP contribution in [0.25, 0.3) is 0 Å². The molecule has 1 fully saturated rings. The van der Waals surface area contributed by atoms with E-state index in [9.17, 15) is 13.2 Å². The van der Waals surface area contributed by atoms with Crippen LogP contribution in [0.15, 0.2) is 18.2 Å². The van der Waals surface area contributed by atoms with Crippen molar-refractivity contribution in [2.45, 2.75) is 24.3 Å². The van der Waals surface area contributed by atoms with Gasteiger partial charge < -0.3 is 9.64 Å². The molecule has 0 atom stereocenters. The Bertz CT molecular complexity index is 474. The lowest BCUT2D eigenvalue weighted by Gasteiger charge is -2.24. The van der Waals surface area contributed by atoms with E-state index < -0.39 is 11.7 Å². The average molecular weight is 366 g/mol. The Morgan fingerprint density at radius 2 is 2.05 bits per heavy atom. The number of alkyl halides is 4. The first-order chi connectivity index (χ1) is 9.91. The number of halogens is 4. The molecule has 0 heterocycles. The molecule has 118 valence electrons. The quantitative estimate of drug-likeness (QED) is 0.522. The molecular weight excluding hydrogens is 347 g/mol. The van der Waals surface area contributed by atoms with Gasteiger partial charge in [0.1, 0.15) is 0 Å². The van der Waals surface area contributed by atoms with E-state index in [-0.39, 0.29) is 5.69 Å². The van der Waals surface area contributed by atoms with Crippen LogP contribution in [0.2, 0.25) is 0 Å². The maximum Gasteiger partial charge on any atom is 0.418 e. The fourth-order valence-corrected chi connectivity index (χ4v) is 2.43. The van der Waals surface area contributed by atoms with Crippen molar-refractivity contribution >= 4 is 21.6 Å². The molecule has 0 aliphatic heterocycles. The summed E-state index contributed by atoms with van der Waals surface area (Å²) in [4.78, 5) is 1.60. The van der Waals surface area contributed by atoms with Crippen molar-refractivity contribution in [2.24, 2.45) is 5.92 Å². The molecule has 0 radical (unpaired) electrons. The van der Waals surface area contributed by atoms with Crippen LogP contribution < -0.4 is 4.90 Å². The Hall–Kier alpha value is -0.750. The molecule has 1 saturated carbocycles. The van der Waals surface area contributed by atoms with Crippen LogP contribution in [-0.4, -0.2) is 26.8 Å². The Kier molecular flexibility index (Phi) is 5.54. The lowest BCUT2D eigenvalue weighted by Crippen LogP contribution is -2.25. The van der Waals surface area contributed by atoms with Crippen molar-refractivity contribution < 1.29 is 17.9 Å². The summed E-state index contributed by atoms with van der Waals surface area (Å²) in [7, 11) is 1.67. The summed E-state index contributed by atoms with van der Waals surface area (Å²) in [6.45, 7) is 1.62. The molecule has 1 aromatic carbocycles. The van der Waals surface area contributed by atoms with Crippen LogP contribution in [-0.2, 0) is 16.2 Å². The van der Waals surface area contributed by atoms with E-state index in [1.807, 2.05) is 0 Å². The lowest BCUT2D eigenvalue weighted by atomic mass is 10.1. The summed E-state index contributed by atoms with van der Waals surface area (Å²) >= 11 is 3.19. The molecule has 0 spiro atoms. The van der Waals surface area contributed by atoms with Gasteiger partial charge in [0, 0.05) is 31.2 Å².